The maximum Gasteiger partial charge on any atom is 0.419 e. The minimum absolute atomic E-state index is 0.0199. The van der Waals surface area contributed by atoms with E-state index in [1.54, 1.807) is 0 Å². The van der Waals surface area contributed by atoms with Gasteiger partial charge in [0.1, 0.15) is 0 Å². The summed E-state index contributed by atoms with van der Waals surface area (Å²) in [4.78, 5) is 0. The molecular weight excluding hydrogens is 237 g/mol. The van der Waals surface area contributed by atoms with Gasteiger partial charge in [0.25, 0.3) is 0 Å². The Labute approximate surface area is 96.0 Å². The minimum atomic E-state index is -4.39. The summed E-state index contributed by atoms with van der Waals surface area (Å²) in [6.45, 7) is 1.10. The van der Waals surface area contributed by atoms with E-state index in [-0.39, 0.29) is 12.5 Å². The van der Waals surface area contributed by atoms with Crippen LogP contribution in [0.25, 0.3) is 0 Å². The molecule has 2 heterocycles. The zero-order chi connectivity index (χ0) is 12.5. The van der Waals surface area contributed by atoms with Crippen molar-refractivity contribution in [3.63, 3.8) is 0 Å². The van der Waals surface area contributed by atoms with Gasteiger partial charge in [0, 0.05) is 18.7 Å². The van der Waals surface area contributed by atoms with Crippen LogP contribution in [0.3, 0.4) is 0 Å². The molecule has 2 rings (SSSR count). The zero-order valence-electron chi connectivity index (χ0n) is 9.02. The molecule has 17 heavy (non-hydrogen) atoms. The fraction of sp³-hybridized carbons (Fsp3) is 0.700. The van der Waals surface area contributed by atoms with Gasteiger partial charge in [0.2, 0.25) is 0 Å². The van der Waals surface area contributed by atoms with Gasteiger partial charge in [-0.2, -0.15) is 18.3 Å². The van der Waals surface area contributed by atoms with Crippen LogP contribution in [0.15, 0.2) is 12.4 Å². The lowest BCUT2D eigenvalue weighted by molar-refractivity contribution is -0.137. The van der Waals surface area contributed by atoms with Gasteiger partial charge in [-0.3, -0.25) is 4.68 Å². The Bertz CT molecular complexity index is 372. The molecule has 0 aliphatic carbocycles. The SMILES string of the molecule is OC(Cn1cc(C(F)(F)F)cn1)C1CCOC1. The van der Waals surface area contributed by atoms with E-state index in [2.05, 4.69) is 5.10 Å². The summed E-state index contributed by atoms with van der Waals surface area (Å²) in [5, 5.41) is 13.4. The highest BCUT2D eigenvalue weighted by atomic mass is 19.4. The third-order valence-electron chi connectivity index (χ3n) is 2.84. The lowest BCUT2D eigenvalue weighted by Gasteiger charge is -2.16. The molecule has 0 aromatic carbocycles. The Morgan fingerprint density at radius 3 is 2.88 bits per heavy atom. The average molecular weight is 250 g/mol. The Morgan fingerprint density at radius 1 is 1.59 bits per heavy atom. The second kappa shape index (κ2) is 4.66. The molecule has 0 radical (unpaired) electrons. The summed E-state index contributed by atoms with van der Waals surface area (Å²) < 4.78 is 43.1. The first kappa shape index (κ1) is 12.4. The van der Waals surface area contributed by atoms with Gasteiger partial charge >= 0.3 is 6.18 Å². The lowest BCUT2D eigenvalue weighted by atomic mass is 10.0. The van der Waals surface area contributed by atoms with E-state index in [1.165, 1.54) is 0 Å². The Morgan fingerprint density at radius 2 is 2.35 bits per heavy atom. The molecule has 0 spiro atoms. The Balaban J connectivity index is 1.96. The summed E-state index contributed by atoms with van der Waals surface area (Å²) in [6, 6.07) is 0. The van der Waals surface area contributed by atoms with Crippen LogP contribution in [0.2, 0.25) is 0 Å². The largest absolute Gasteiger partial charge is 0.419 e. The van der Waals surface area contributed by atoms with E-state index >= 15 is 0 Å². The molecule has 2 unspecified atom stereocenters. The van der Waals surface area contributed by atoms with Crippen molar-refractivity contribution < 1.29 is 23.0 Å². The minimum Gasteiger partial charge on any atom is -0.391 e. The summed E-state index contributed by atoms with van der Waals surface area (Å²) in [5.41, 5.74) is -0.799. The molecule has 7 heteroatoms. The standard InChI is InChI=1S/C10H13F3N2O2/c11-10(12,13)8-3-14-15(4-8)5-9(16)7-1-2-17-6-7/h3-4,7,9,16H,1-2,5-6H2. The maximum atomic E-state index is 12.3. The monoisotopic (exact) mass is 250 g/mol. The third-order valence-corrected chi connectivity index (χ3v) is 2.84. The quantitative estimate of drug-likeness (QED) is 0.879. The molecule has 1 N–H and O–H groups in total. The van der Waals surface area contributed by atoms with Crippen LogP contribution in [0, 0.1) is 5.92 Å². The van der Waals surface area contributed by atoms with Crippen molar-refractivity contribution in [1.29, 1.82) is 0 Å². The Hall–Kier alpha value is -1.08. The van der Waals surface area contributed by atoms with Crippen LogP contribution >= 0.6 is 0 Å². The van der Waals surface area contributed by atoms with Crippen molar-refractivity contribution >= 4 is 0 Å². The average Bonchev–Trinajstić information content (AvgIpc) is 2.85. The van der Waals surface area contributed by atoms with Gasteiger partial charge in [-0.05, 0) is 6.42 Å². The van der Waals surface area contributed by atoms with Crippen molar-refractivity contribution in [2.45, 2.75) is 25.2 Å². The predicted octanol–water partition coefficient (Wildman–Crippen LogP) is 1.30. The highest BCUT2D eigenvalue weighted by molar-refractivity contribution is 5.08. The second-order valence-corrected chi connectivity index (χ2v) is 4.14. The van der Waals surface area contributed by atoms with E-state index in [9.17, 15) is 18.3 Å². The molecule has 4 nitrogen and oxygen atoms in total. The van der Waals surface area contributed by atoms with E-state index in [1.807, 2.05) is 0 Å². The van der Waals surface area contributed by atoms with E-state index in [4.69, 9.17) is 4.74 Å². The number of nitrogens with zero attached hydrogens (tertiary/aromatic N) is 2. The van der Waals surface area contributed by atoms with Gasteiger partial charge in [0.15, 0.2) is 0 Å². The number of alkyl halides is 3. The van der Waals surface area contributed by atoms with Crippen LogP contribution in [-0.2, 0) is 17.5 Å². The van der Waals surface area contributed by atoms with E-state index in [0.717, 1.165) is 23.5 Å². The first-order valence-corrected chi connectivity index (χ1v) is 5.32. The molecule has 2 atom stereocenters. The van der Waals surface area contributed by atoms with Gasteiger partial charge in [-0.25, -0.2) is 0 Å². The first-order valence-electron chi connectivity index (χ1n) is 5.32. The maximum absolute atomic E-state index is 12.3. The normalized spacial score (nSPS) is 22.9. The van der Waals surface area contributed by atoms with Crippen molar-refractivity contribution in [2.24, 2.45) is 5.92 Å². The summed E-state index contributed by atoms with van der Waals surface area (Å²) in [6.07, 6.45) is -2.72. The van der Waals surface area contributed by atoms with Crippen LogP contribution < -0.4 is 0 Å². The molecule has 1 aromatic rings. The molecule has 1 aromatic heterocycles. The molecule has 1 aliphatic rings. The lowest BCUT2D eigenvalue weighted by Crippen LogP contribution is -2.26. The van der Waals surface area contributed by atoms with Gasteiger partial charge in [-0.1, -0.05) is 0 Å². The van der Waals surface area contributed by atoms with Crippen LogP contribution in [-0.4, -0.2) is 34.2 Å². The summed E-state index contributed by atoms with van der Waals surface area (Å²) >= 11 is 0. The first-order chi connectivity index (χ1) is 7.97. The molecule has 1 aliphatic heterocycles. The number of hydrogen-bond donors (Lipinski definition) is 1. The number of hydrogen-bond acceptors (Lipinski definition) is 3. The van der Waals surface area contributed by atoms with Crippen molar-refractivity contribution in [1.82, 2.24) is 9.78 Å². The predicted molar refractivity (Wildman–Crippen MR) is 52.2 cm³/mol. The van der Waals surface area contributed by atoms with Gasteiger partial charge < -0.3 is 9.84 Å². The fourth-order valence-corrected chi connectivity index (χ4v) is 1.81. The zero-order valence-corrected chi connectivity index (χ0v) is 9.02. The van der Waals surface area contributed by atoms with Crippen molar-refractivity contribution in [3.8, 4) is 0 Å². The van der Waals surface area contributed by atoms with E-state index in [0.29, 0.717) is 13.2 Å². The highest BCUT2D eigenvalue weighted by Gasteiger charge is 2.32. The van der Waals surface area contributed by atoms with Crippen molar-refractivity contribution in [2.75, 3.05) is 13.2 Å². The molecule has 1 fully saturated rings. The number of ether oxygens (including phenoxy) is 1. The summed E-state index contributed by atoms with van der Waals surface area (Å²) in [7, 11) is 0. The molecular formula is C10H13F3N2O2. The van der Waals surface area contributed by atoms with E-state index < -0.39 is 17.8 Å². The number of halogens is 3. The molecule has 96 valence electrons. The molecule has 1 saturated heterocycles. The number of aliphatic hydroxyl groups is 1. The Kier molecular flexibility index (Phi) is 3.39. The number of aliphatic hydroxyl groups excluding tert-OH is 1. The van der Waals surface area contributed by atoms with Crippen LogP contribution in [0.5, 0.6) is 0 Å². The highest BCUT2D eigenvalue weighted by Crippen LogP contribution is 2.28. The molecule has 0 bridgehead atoms. The molecule has 0 amide bonds. The number of rotatable bonds is 3. The van der Waals surface area contributed by atoms with Gasteiger partial charge in [-0.15, -0.1) is 0 Å². The van der Waals surface area contributed by atoms with Crippen LogP contribution in [0.1, 0.15) is 12.0 Å². The number of aromatic nitrogens is 2. The smallest absolute Gasteiger partial charge is 0.391 e. The van der Waals surface area contributed by atoms with Crippen molar-refractivity contribution in [3.05, 3.63) is 18.0 Å². The van der Waals surface area contributed by atoms with Crippen LogP contribution in [0.4, 0.5) is 13.2 Å². The van der Waals surface area contributed by atoms with Gasteiger partial charge in [0.05, 0.1) is 31.0 Å². The summed E-state index contributed by atoms with van der Waals surface area (Å²) in [5.74, 6) is -0.0199. The second-order valence-electron chi connectivity index (χ2n) is 4.14. The third kappa shape index (κ3) is 2.98. The fourth-order valence-electron chi connectivity index (χ4n) is 1.81. The topological polar surface area (TPSA) is 47.3 Å². The molecule has 0 saturated carbocycles.